The number of carbonyl (C=O) groups is 1. The zero-order valence-corrected chi connectivity index (χ0v) is 14.7. The molecule has 128 valence electrons. The van der Waals surface area contributed by atoms with Gasteiger partial charge in [-0.25, -0.2) is 4.98 Å². The molecule has 1 aliphatic heterocycles. The molecule has 25 heavy (non-hydrogen) atoms. The van der Waals surface area contributed by atoms with Gasteiger partial charge in [-0.1, -0.05) is 0 Å². The highest BCUT2D eigenvalue weighted by atomic mass is 32.1. The second-order valence-corrected chi connectivity index (χ2v) is 6.53. The van der Waals surface area contributed by atoms with Crippen molar-refractivity contribution < 1.29 is 14.3 Å². The number of rotatable bonds is 4. The van der Waals surface area contributed by atoms with E-state index in [0.29, 0.717) is 23.7 Å². The lowest BCUT2D eigenvalue weighted by Gasteiger charge is -2.23. The van der Waals surface area contributed by atoms with Gasteiger partial charge >= 0.3 is 0 Å². The first-order chi connectivity index (χ1) is 12.2. The molecule has 0 spiro atoms. The van der Waals surface area contributed by atoms with E-state index in [1.165, 1.54) is 0 Å². The number of amides is 1. The van der Waals surface area contributed by atoms with E-state index < -0.39 is 0 Å². The summed E-state index contributed by atoms with van der Waals surface area (Å²) in [5.74, 6) is 2.00. The van der Waals surface area contributed by atoms with Crippen molar-refractivity contribution in [3.05, 3.63) is 52.6 Å². The fraction of sp³-hybridized carbons (Fsp3) is 0.222. The molecule has 6 nitrogen and oxygen atoms in total. The Morgan fingerprint density at radius 1 is 1.28 bits per heavy atom. The second-order valence-electron chi connectivity index (χ2n) is 5.75. The van der Waals surface area contributed by atoms with Gasteiger partial charge in [-0.15, -0.1) is 0 Å². The van der Waals surface area contributed by atoms with Gasteiger partial charge in [0.2, 0.25) is 5.91 Å². The highest BCUT2D eigenvalue weighted by Crippen LogP contribution is 2.39. The van der Waals surface area contributed by atoms with Gasteiger partial charge in [-0.05, 0) is 34.5 Å². The Morgan fingerprint density at radius 2 is 2.16 bits per heavy atom. The first-order valence-corrected chi connectivity index (χ1v) is 8.77. The molecule has 1 atom stereocenters. The molecule has 1 amide bonds. The fourth-order valence-electron chi connectivity index (χ4n) is 3.12. The maximum Gasteiger partial charge on any atom is 0.226 e. The zero-order chi connectivity index (χ0) is 17.4. The normalized spacial score (nSPS) is 16.2. The third kappa shape index (κ3) is 2.66. The molecule has 0 saturated carbocycles. The number of ether oxygens (including phenoxy) is 2. The van der Waals surface area contributed by atoms with Crippen molar-refractivity contribution in [1.29, 1.82) is 0 Å². The van der Waals surface area contributed by atoms with Gasteiger partial charge in [0.25, 0.3) is 0 Å². The highest BCUT2D eigenvalue weighted by Gasteiger charge is 2.31. The molecule has 0 aliphatic carbocycles. The quantitative estimate of drug-likeness (QED) is 0.779. The van der Waals surface area contributed by atoms with Crippen molar-refractivity contribution in [3.8, 4) is 17.2 Å². The number of aromatic nitrogens is 2. The van der Waals surface area contributed by atoms with E-state index in [9.17, 15) is 4.79 Å². The lowest BCUT2D eigenvalue weighted by molar-refractivity contribution is -0.116. The summed E-state index contributed by atoms with van der Waals surface area (Å²) in [5.41, 5.74) is 2.78. The van der Waals surface area contributed by atoms with Crippen LogP contribution in [0.3, 0.4) is 0 Å². The smallest absolute Gasteiger partial charge is 0.226 e. The molecule has 7 heteroatoms. The summed E-state index contributed by atoms with van der Waals surface area (Å²) in [6.45, 7) is 0. The van der Waals surface area contributed by atoms with Crippen LogP contribution in [0.15, 0.2) is 41.4 Å². The molecule has 0 bridgehead atoms. The largest absolute Gasteiger partial charge is 0.497 e. The van der Waals surface area contributed by atoms with Gasteiger partial charge in [-0.3, -0.25) is 9.36 Å². The van der Waals surface area contributed by atoms with Crippen LogP contribution in [0.5, 0.6) is 11.5 Å². The van der Waals surface area contributed by atoms with E-state index >= 15 is 0 Å². The third-order valence-electron chi connectivity index (χ3n) is 4.37. The first-order valence-electron chi connectivity index (χ1n) is 7.83. The van der Waals surface area contributed by atoms with E-state index in [1.807, 2.05) is 34.2 Å². The van der Waals surface area contributed by atoms with Crippen molar-refractivity contribution in [2.75, 3.05) is 19.5 Å². The number of methoxy groups -OCH3 is 2. The number of hydrogen-bond acceptors (Lipinski definition) is 5. The summed E-state index contributed by atoms with van der Waals surface area (Å²) in [4.78, 5) is 16.9. The Balaban J connectivity index is 1.83. The number of fused-ring (bicyclic) bond motifs is 1. The van der Waals surface area contributed by atoms with Crippen LogP contribution in [0.2, 0.25) is 0 Å². The van der Waals surface area contributed by atoms with Crippen LogP contribution in [-0.2, 0) is 4.79 Å². The molecule has 4 rings (SSSR count). The molecule has 1 aromatic carbocycles. The number of hydrogen-bond donors (Lipinski definition) is 1. The SMILES string of the molecule is COc1ccc(-n2cnc3c2NC(=O)C[C@H]3c2ccsc2)c(OC)c1. The fourth-order valence-corrected chi connectivity index (χ4v) is 3.84. The van der Waals surface area contributed by atoms with Crippen molar-refractivity contribution in [3.63, 3.8) is 0 Å². The average molecular weight is 355 g/mol. The summed E-state index contributed by atoms with van der Waals surface area (Å²) < 4.78 is 12.6. The molecular weight excluding hydrogens is 338 g/mol. The molecule has 1 N–H and O–H groups in total. The monoisotopic (exact) mass is 355 g/mol. The van der Waals surface area contributed by atoms with Crippen LogP contribution >= 0.6 is 11.3 Å². The molecule has 3 heterocycles. The topological polar surface area (TPSA) is 65.4 Å². The Bertz CT molecular complexity index is 918. The van der Waals surface area contributed by atoms with Crippen molar-refractivity contribution >= 4 is 23.1 Å². The first kappa shape index (κ1) is 15.7. The average Bonchev–Trinajstić information content (AvgIpc) is 3.30. The highest BCUT2D eigenvalue weighted by molar-refractivity contribution is 7.08. The standard InChI is InChI=1S/C18H17N3O3S/c1-23-12-3-4-14(15(7-12)24-2)21-10-19-17-13(11-5-6-25-9-11)8-16(22)20-18(17)21/h3-7,9-10,13H,8H2,1-2H3,(H,20,22)/t13-/m0/s1. The zero-order valence-electron chi connectivity index (χ0n) is 13.9. The Hall–Kier alpha value is -2.80. The Labute approximate surface area is 149 Å². The number of nitrogens with one attached hydrogen (secondary N) is 1. The lowest BCUT2D eigenvalue weighted by atomic mass is 9.92. The molecule has 0 unspecified atom stereocenters. The van der Waals surface area contributed by atoms with E-state index in [0.717, 1.165) is 16.9 Å². The van der Waals surface area contributed by atoms with Crippen molar-refractivity contribution in [2.45, 2.75) is 12.3 Å². The molecule has 3 aromatic rings. The van der Waals surface area contributed by atoms with Crippen LogP contribution in [0, 0.1) is 0 Å². The van der Waals surface area contributed by atoms with Gasteiger partial charge in [0.1, 0.15) is 23.6 Å². The van der Waals surface area contributed by atoms with Gasteiger partial charge in [0.05, 0.1) is 25.6 Å². The summed E-state index contributed by atoms with van der Waals surface area (Å²) in [5, 5.41) is 7.05. The van der Waals surface area contributed by atoms with Gasteiger partial charge < -0.3 is 14.8 Å². The van der Waals surface area contributed by atoms with E-state index in [4.69, 9.17) is 9.47 Å². The van der Waals surface area contributed by atoms with Crippen LogP contribution in [0.4, 0.5) is 5.82 Å². The molecule has 2 aromatic heterocycles. The summed E-state index contributed by atoms with van der Waals surface area (Å²) in [7, 11) is 3.22. The number of imidazole rings is 1. The molecule has 0 saturated heterocycles. The van der Waals surface area contributed by atoms with Crippen LogP contribution < -0.4 is 14.8 Å². The van der Waals surface area contributed by atoms with E-state index in [1.54, 1.807) is 31.9 Å². The Kier molecular flexibility index (Phi) is 3.93. The number of thiophene rings is 1. The van der Waals surface area contributed by atoms with Crippen LogP contribution in [0.1, 0.15) is 23.6 Å². The number of carbonyl (C=O) groups excluding carboxylic acids is 1. The maximum atomic E-state index is 12.3. The van der Waals surface area contributed by atoms with Gasteiger partial charge in [0.15, 0.2) is 0 Å². The number of nitrogens with zero attached hydrogens (tertiary/aromatic N) is 2. The Morgan fingerprint density at radius 3 is 2.88 bits per heavy atom. The minimum Gasteiger partial charge on any atom is -0.497 e. The van der Waals surface area contributed by atoms with Gasteiger partial charge in [0, 0.05) is 18.4 Å². The minimum absolute atomic E-state index is 0.0158. The van der Waals surface area contributed by atoms with E-state index in [-0.39, 0.29) is 11.8 Å². The third-order valence-corrected chi connectivity index (χ3v) is 5.07. The van der Waals surface area contributed by atoms with Crippen molar-refractivity contribution in [1.82, 2.24) is 9.55 Å². The summed E-state index contributed by atoms with van der Waals surface area (Å²) in [6.07, 6.45) is 2.13. The molecule has 0 fully saturated rings. The second kappa shape index (κ2) is 6.25. The minimum atomic E-state index is -0.0273. The molecule has 1 aliphatic rings. The van der Waals surface area contributed by atoms with Crippen LogP contribution in [-0.4, -0.2) is 29.7 Å². The summed E-state index contributed by atoms with van der Waals surface area (Å²) >= 11 is 1.62. The molecular formula is C18H17N3O3S. The van der Waals surface area contributed by atoms with Gasteiger partial charge in [-0.2, -0.15) is 11.3 Å². The molecule has 0 radical (unpaired) electrons. The maximum absolute atomic E-state index is 12.3. The van der Waals surface area contributed by atoms with E-state index in [2.05, 4.69) is 15.7 Å². The van der Waals surface area contributed by atoms with Crippen molar-refractivity contribution in [2.24, 2.45) is 0 Å². The summed E-state index contributed by atoms with van der Waals surface area (Å²) in [6, 6.07) is 7.60. The number of benzene rings is 1. The predicted octanol–water partition coefficient (Wildman–Crippen LogP) is 3.43. The predicted molar refractivity (Wildman–Crippen MR) is 96.1 cm³/mol. The lowest BCUT2D eigenvalue weighted by Crippen LogP contribution is -2.24. The number of anilines is 1. The van der Waals surface area contributed by atoms with Crippen LogP contribution in [0.25, 0.3) is 5.69 Å².